The topological polar surface area (TPSA) is 91.2 Å². The summed E-state index contributed by atoms with van der Waals surface area (Å²) in [5.74, 6) is 1.29. The molecule has 4 unspecified atom stereocenters. The molecule has 0 spiro atoms. The Morgan fingerprint density at radius 1 is 1.22 bits per heavy atom. The molecule has 3 rings (SSSR count). The molecule has 5 atom stereocenters. The van der Waals surface area contributed by atoms with Gasteiger partial charge < -0.3 is 15.4 Å². The number of rotatable bonds is 5. The van der Waals surface area contributed by atoms with Gasteiger partial charge in [-0.3, -0.25) is 9.59 Å². The molecule has 6 nitrogen and oxygen atoms in total. The highest BCUT2D eigenvalue weighted by Gasteiger charge is 2.42. The smallest absolute Gasteiger partial charge is 0.307 e. The second kappa shape index (κ2) is 9.05. The number of nitriles is 1. The van der Waals surface area contributed by atoms with Gasteiger partial charge in [0.05, 0.1) is 25.6 Å². The summed E-state index contributed by atoms with van der Waals surface area (Å²) >= 11 is 0. The van der Waals surface area contributed by atoms with E-state index < -0.39 is 0 Å². The molecule has 150 valence electrons. The Bertz CT molecular complexity index is 580. The van der Waals surface area contributed by atoms with Gasteiger partial charge in [-0.25, -0.2) is 0 Å². The van der Waals surface area contributed by atoms with Gasteiger partial charge in [0.2, 0.25) is 5.91 Å². The van der Waals surface area contributed by atoms with E-state index in [0.29, 0.717) is 17.9 Å². The zero-order valence-electron chi connectivity index (χ0n) is 16.6. The molecule has 1 heterocycles. The fraction of sp³-hybridized carbons (Fsp3) is 0.857. The molecule has 2 saturated carbocycles. The molecule has 1 saturated heterocycles. The number of nitrogens with zero attached hydrogens (tertiary/aromatic N) is 1. The van der Waals surface area contributed by atoms with Crippen LogP contribution in [0.1, 0.15) is 64.7 Å². The molecule has 3 fully saturated rings. The number of ether oxygens (including phenoxy) is 1. The van der Waals surface area contributed by atoms with E-state index in [0.717, 1.165) is 32.1 Å². The van der Waals surface area contributed by atoms with Crippen molar-refractivity contribution in [2.24, 2.45) is 23.7 Å². The highest BCUT2D eigenvalue weighted by atomic mass is 16.5. The normalized spacial score (nSPS) is 36.9. The lowest BCUT2D eigenvalue weighted by molar-refractivity contribution is -0.141. The first-order valence-electron chi connectivity index (χ1n) is 10.5. The maximum absolute atomic E-state index is 13.0. The number of fused-ring (bicyclic) bond motifs is 1. The maximum atomic E-state index is 13.0. The fourth-order valence-electron chi connectivity index (χ4n) is 5.41. The number of carbonyl (C=O) groups is 2. The Kier molecular flexibility index (Phi) is 6.75. The summed E-state index contributed by atoms with van der Waals surface area (Å²) in [4.78, 5) is 24.9. The quantitative estimate of drug-likeness (QED) is 0.721. The van der Waals surface area contributed by atoms with Gasteiger partial charge in [-0.2, -0.15) is 5.26 Å². The summed E-state index contributed by atoms with van der Waals surface area (Å²) < 4.78 is 4.85. The zero-order valence-corrected chi connectivity index (χ0v) is 16.6. The summed E-state index contributed by atoms with van der Waals surface area (Å²) in [5.41, 5.74) is 0. The van der Waals surface area contributed by atoms with E-state index in [1.54, 1.807) is 0 Å². The number of amides is 1. The van der Waals surface area contributed by atoms with Crippen molar-refractivity contribution in [1.29, 1.82) is 5.26 Å². The first-order chi connectivity index (χ1) is 13.0. The predicted octanol–water partition coefficient (Wildman–Crippen LogP) is 2.53. The predicted molar refractivity (Wildman–Crippen MR) is 101 cm³/mol. The van der Waals surface area contributed by atoms with E-state index in [4.69, 9.17) is 10.00 Å². The van der Waals surface area contributed by atoms with Crippen LogP contribution in [0, 0.1) is 35.0 Å². The Labute approximate surface area is 162 Å². The van der Waals surface area contributed by atoms with Gasteiger partial charge in [-0.1, -0.05) is 13.3 Å². The molecule has 2 aliphatic carbocycles. The highest BCUT2D eigenvalue weighted by molar-refractivity contribution is 5.83. The van der Waals surface area contributed by atoms with Gasteiger partial charge in [0.25, 0.3) is 0 Å². The van der Waals surface area contributed by atoms with Crippen LogP contribution in [0.3, 0.4) is 0 Å². The third-order valence-corrected chi connectivity index (χ3v) is 7.07. The van der Waals surface area contributed by atoms with Crippen LogP contribution < -0.4 is 10.6 Å². The minimum atomic E-state index is -0.288. The number of carbonyl (C=O) groups excluding carboxylic acids is 2. The minimum Gasteiger partial charge on any atom is -0.469 e. The number of hydrogen-bond donors (Lipinski definition) is 2. The molecule has 0 bridgehead atoms. The summed E-state index contributed by atoms with van der Waals surface area (Å²) in [6.07, 6.45) is 8.24. The molecule has 2 N–H and O–H groups in total. The van der Waals surface area contributed by atoms with Crippen molar-refractivity contribution >= 4 is 11.9 Å². The largest absolute Gasteiger partial charge is 0.469 e. The van der Waals surface area contributed by atoms with Crippen molar-refractivity contribution in [3.8, 4) is 6.07 Å². The Morgan fingerprint density at radius 2 is 1.96 bits per heavy atom. The average molecular weight is 376 g/mol. The zero-order chi connectivity index (χ0) is 19.4. The molecule has 3 aliphatic rings. The van der Waals surface area contributed by atoms with Crippen LogP contribution >= 0.6 is 0 Å². The molecular weight excluding hydrogens is 342 g/mol. The lowest BCUT2D eigenvalue weighted by atomic mass is 9.78. The van der Waals surface area contributed by atoms with E-state index in [9.17, 15) is 9.59 Å². The second-order valence-corrected chi connectivity index (χ2v) is 8.79. The molecule has 0 aromatic carbocycles. The number of hydrogen-bond acceptors (Lipinski definition) is 5. The Morgan fingerprint density at radius 3 is 2.59 bits per heavy atom. The van der Waals surface area contributed by atoms with Gasteiger partial charge in [-0.05, 0) is 62.7 Å². The fourth-order valence-corrected chi connectivity index (χ4v) is 5.41. The lowest BCUT2D eigenvalue weighted by Gasteiger charge is -2.33. The number of methoxy groups -OCH3 is 1. The third kappa shape index (κ3) is 4.82. The molecule has 6 heteroatoms. The van der Waals surface area contributed by atoms with Gasteiger partial charge in [0, 0.05) is 18.0 Å². The Balaban J connectivity index is 1.60. The first kappa shape index (κ1) is 20.1. The summed E-state index contributed by atoms with van der Waals surface area (Å²) in [5, 5.41) is 15.8. The van der Waals surface area contributed by atoms with Crippen molar-refractivity contribution in [3.05, 3.63) is 0 Å². The van der Waals surface area contributed by atoms with Crippen LogP contribution in [0.2, 0.25) is 0 Å². The molecule has 0 aromatic heterocycles. The Hall–Kier alpha value is -1.61. The molecule has 0 radical (unpaired) electrons. The second-order valence-electron chi connectivity index (χ2n) is 8.79. The number of esters is 1. The van der Waals surface area contributed by atoms with Crippen molar-refractivity contribution < 1.29 is 14.3 Å². The van der Waals surface area contributed by atoms with Gasteiger partial charge in [0.15, 0.2) is 0 Å². The maximum Gasteiger partial charge on any atom is 0.307 e. The van der Waals surface area contributed by atoms with Gasteiger partial charge in [-0.15, -0.1) is 0 Å². The molecule has 1 aliphatic heterocycles. The molecule has 27 heavy (non-hydrogen) atoms. The number of nitrogens with one attached hydrogen (secondary N) is 2. The van der Waals surface area contributed by atoms with Crippen LogP contribution in [-0.2, 0) is 14.3 Å². The van der Waals surface area contributed by atoms with Crippen LogP contribution in [0.15, 0.2) is 0 Å². The van der Waals surface area contributed by atoms with Crippen molar-refractivity contribution in [3.63, 3.8) is 0 Å². The van der Waals surface area contributed by atoms with Crippen molar-refractivity contribution in [2.45, 2.75) is 82.8 Å². The third-order valence-electron chi connectivity index (χ3n) is 7.07. The molecule has 0 aromatic rings. The summed E-state index contributed by atoms with van der Waals surface area (Å²) in [6, 6.07) is 2.43. The first-order valence-corrected chi connectivity index (χ1v) is 10.5. The van der Waals surface area contributed by atoms with Crippen molar-refractivity contribution in [1.82, 2.24) is 10.6 Å². The van der Waals surface area contributed by atoms with E-state index in [-0.39, 0.29) is 42.2 Å². The lowest BCUT2D eigenvalue weighted by Crippen LogP contribution is -2.50. The molecular formula is C21H33N3O3. The minimum absolute atomic E-state index is 0.0212. The van der Waals surface area contributed by atoms with E-state index in [2.05, 4.69) is 23.6 Å². The van der Waals surface area contributed by atoms with Crippen LogP contribution in [0.4, 0.5) is 0 Å². The summed E-state index contributed by atoms with van der Waals surface area (Å²) in [7, 11) is 1.39. The van der Waals surface area contributed by atoms with Crippen molar-refractivity contribution in [2.75, 3.05) is 7.11 Å². The monoisotopic (exact) mass is 375 g/mol. The van der Waals surface area contributed by atoms with Crippen LogP contribution in [-0.4, -0.2) is 37.1 Å². The molecule has 1 amide bonds. The standard InChI is InChI=1S/C21H33N3O3/c1-13-4-3-5-16-10-18(23-20(13)16)21(26)24-17(11-19(25)27-2)15-8-6-14(12-22)7-9-15/h13-18,20,23H,3-11H2,1-2H3,(H,24,26)/t13?,14?,15?,16?,17-,18?,20?/m1/s1. The van der Waals surface area contributed by atoms with Gasteiger partial charge in [0.1, 0.15) is 0 Å². The van der Waals surface area contributed by atoms with Crippen LogP contribution in [0.5, 0.6) is 0 Å². The summed E-state index contributed by atoms with van der Waals surface area (Å²) in [6.45, 7) is 2.28. The van der Waals surface area contributed by atoms with E-state index in [1.165, 1.54) is 26.4 Å². The average Bonchev–Trinajstić information content (AvgIpc) is 3.13. The van der Waals surface area contributed by atoms with E-state index in [1.807, 2.05) is 0 Å². The van der Waals surface area contributed by atoms with E-state index >= 15 is 0 Å². The van der Waals surface area contributed by atoms with Gasteiger partial charge >= 0.3 is 5.97 Å². The highest BCUT2D eigenvalue weighted by Crippen LogP contribution is 2.37. The SMILES string of the molecule is COC(=O)C[C@@H](NC(=O)C1CC2CCCC(C)C2N1)C1CCC(C#N)CC1. The van der Waals surface area contributed by atoms with Crippen LogP contribution in [0.25, 0.3) is 0 Å².